The molecule has 0 bridgehead atoms. The van der Waals surface area contributed by atoms with Crippen LogP contribution in [0.3, 0.4) is 0 Å². The van der Waals surface area contributed by atoms with Crippen molar-refractivity contribution in [3.63, 3.8) is 0 Å². The van der Waals surface area contributed by atoms with E-state index in [4.69, 9.17) is 4.74 Å². The van der Waals surface area contributed by atoms with Gasteiger partial charge in [-0.2, -0.15) is 0 Å². The summed E-state index contributed by atoms with van der Waals surface area (Å²) in [6.07, 6.45) is 3.99. The van der Waals surface area contributed by atoms with Crippen molar-refractivity contribution in [1.29, 1.82) is 0 Å². The molecule has 1 aromatic rings. The Balaban J connectivity index is 2.52. The van der Waals surface area contributed by atoms with E-state index in [9.17, 15) is 13.2 Å². The van der Waals surface area contributed by atoms with Crippen molar-refractivity contribution in [2.45, 2.75) is 44.4 Å². The predicted molar refractivity (Wildman–Crippen MR) is 87.5 cm³/mol. The van der Waals surface area contributed by atoms with Crippen LogP contribution >= 0.6 is 0 Å². The molecule has 0 atom stereocenters. The van der Waals surface area contributed by atoms with Gasteiger partial charge in [-0.25, -0.2) is 13.2 Å². The van der Waals surface area contributed by atoms with Crippen LogP contribution in [0, 0.1) is 6.92 Å². The minimum absolute atomic E-state index is 0.0314. The average Bonchev–Trinajstić information content (AvgIpc) is 2.46. The van der Waals surface area contributed by atoms with Gasteiger partial charge in [-0.05, 0) is 25.5 Å². The van der Waals surface area contributed by atoms with Crippen LogP contribution in [0.5, 0.6) is 0 Å². The molecule has 22 heavy (non-hydrogen) atoms. The first-order valence-corrected chi connectivity index (χ1v) is 9.16. The van der Waals surface area contributed by atoms with Crippen LogP contribution in [0.1, 0.15) is 38.2 Å². The minimum Gasteiger partial charge on any atom is -0.462 e. The number of ether oxygens (including phenoxy) is 1. The van der Waals surface area contributed by atoms with Crippen molar-refractivity contribution in [3.05, 3.63) is 42.0 Å². The van der Waals surface area contributed by atoms with Gasteiger partial charge in [0.15, 0.2) is 9.84 Å². The Bertz CT molecular complexity index is 600. The van der Waals surface area contributed by atoms with Gasteiger partial charge in [-0.15, -0.1) is 0 Å². The van der Waals surface area contributed by atoms with Gasteiger partial charge in [0.05, 0.1) is 17.3 Å². The number of carbonyl (C=O) groups is 1. The van der Waals surface area contributed by atoms with Gasteiger partial charge in [0, 0.05) is 5.57 Å². The molecular formula is C17H24O4S. The van der Waals surface area contributed by atoms with Crippen LogP contribution in [0.25, 0.3) is 0 Å². The summed E-state index contributed by atoms with van der Waals surface area (Å²) in [7, 11) is -3.56. The van der Waals surface area contributed by atoms with Gasteiger partial charge in [-0.1, -0.05) is 50.5 Å². The number of sulfone groups is 1. The molecule has 0 radical (unpaired) electrons. The first-order chi connectivity index (χ1) is 10.4. The number of rotatable bonds is 9. The zero-order valence-electron chi connectivity index (χ0n) is 13.3. The Morgan fingerprint density at radius 3 is 2.36 bits per heavy atom. The molecule has 0 heterocycles. The first kappa shape index (κ1) is 18.4. The second kappa shape index (κ2) is 8.73. The SMILES string of the molecule is C=C(CS(=O)(=O)c1ccc(C)cc1)C(=O)OCCCCCC. The molecule has 122 valence electrons. The van der Waals surface area contributed by atoms with Crippen molar-refractivity contribution >= 4 is 15.8 Å². The molecule has 0 N–H and O–H groups in total. The maximum atomic E-state index is 12.2. The zero-order valence-corrected chi connectivity index (χ0v) is 14.1. The van der Waals surface area contributed by atoms with Crippen LogP contribution in [-0.4, -0.2) is 26.7 Å². The molecule has 1 aromatic carbocycles. The number of hydrogen-bond donors (Lipinski definition) is 0. The third kappa shape index (κ3) is 6.02. The van der Waals surface area contributed by atoms with Crippen molar-refractivity contribution in [2.75, 3.05) is 12.4 Å². The molecule has 0 amide bonds. The van der Waals surface area contributed by atoms with Gasteiger partial charge in [0.2, 0.25) is 0 Å². The fraction of sp³-hybridized carbons (Fsp3) is 0.471. The molecule has 0 fully saturated rings. The van der Waals surface area contributed by atoms with Crippen LogP contribution in [0.2, 0.25) is 0 Å². The van der Waals surface area contributed by atoms with E-state index in [-0.39, 0.29) is 10.5 Å². The molecule has 0 aliphatic carbocycles. The lowest BCUT2D eigenvalue weighted by molar-refractivity contribution is -0.139. The number of benzene rings is 1. The smallest absolute Gasteiger partial charge is 0.334 e. The topological polar surface area (TPSA) is 60.4 Å². The highest BCUT2D eigenvalue weighted by molar-refractivity contribution is 7.91. The van der Waals surface area contributed by atoms with Crippen molar-refractivity contribution in [1.82, 2.24) is 0 Å². The van der Waals surface area contributed by atoms with Gasteiger partial charge < -0.3 is 4.74 Å². The lowest BCUT2D eigenvalue weighted by atomic mass is 10.2. The second-order valence-corrected chi connectivity index (χ2v) is 7.36. The Labute approximate surface area is 133 Å². The Morgan fingerprint density at radius 2 is 1.77 bits per heavy atom. The summed E-state index contributed by atoms with van der Waals surface area (Å²) in [5.41, 5.74) is 0.945. The highest BCUT2D eigenvalue weighted by atomic mass is 32.2. The van der Waals surface area contributed by atoms with Crippen molar-refractivity contribution in [2.24, 2.45) is 0 Å². The van der Waals surface area contributed by atoms with E-state index in [2.05, 4.69) is 13.5 Å². The standard InChI is InChI=1S/C17H24O4S/c1-4-5-6-7-12-21-17(18)15(3)13-22(19,20)16-10-8-14(2)9-11-16/h8-11H,3-7,12-13H2,1-2H3. The third-order valence-electron chi connectivity index (χ3n) is 3.26. The molecule has 0 aromatic heterocycles. The summed E-state index contributed by atoms with van der Waals surface area (Å²) in [5.74, 6) is -1.05. The fourth-order valence-corrected chi connectivity index (χ4v) is 3.21. The number of aryl methyl sites for hydroxylation is 1. The van der Waals surface area contributed by atoms with E-state index in [0.717, 1.165) is 31.2 Å². The minimum atomic E-state index is -3.56. The van der Waals surface area contributed by atoms with E-state index in [1.807, 2.05) is 6.92 Å². The van der Waals surface area contributed by atoms with Gasteiger partial charge >= 0.3 is 5.97 Å². The highest BCUT2D eigenvalue weighted by Gasteiger charge is 2.20. The zero-order chi connectivity index (χ0) is 16.6. The van der Waals surface area contributed by atoms with E-state index in [1.54, 1.807) is 12.1 Å². The number of unbranched alkanes of at least 4 members (excludes halogenated alkanes) is 3. The molecule has 0 unspecified atom stereocenters. The maximum Gasteiger partial charge on any atom is 0.334 e. The predicted octanol–water partition coefficient (Wildman–Crippen LogP) is 3.45. The van der Waals surface area contributed by atoms with Crippen LogP contribution in [0.15, 0.2) is 41.3 Å². The summed E-state index contributed by atoms with van der Waals surface area (Å²) in [6, 6.07) is 6.52. The Hall–Kier alpha value is -1.62. The van der Waals surface area contributed by atoms with E-state index < -0.39 is 21.6 Å². The second-order valence-electron chi connectivity index (χ2n) is 5.37. The summed E-state index contributed by atoms with van der Waals surface area (Å²) in [6.45, 7) is 7.83. The Kier molecular flexibility index (Phi) is 7.32. The van der Waals surface area contributed by atoms with Gasteiger partial charge in [0.25, 0.3) is 0 Å². The molecule has 0 aliphatic rings. The van der Waals surface area contributed by atoms with E-state index in [1.165, 1.54) is 12.1 Å². The maximum absolute atomic E-state index is 12.2. The lowest BCUT2D eigenvalue weighted by Crippen LogP contribution is -2.17. The monoisotopic (exact) mass is 324 g/mol. The normalized spacial score (nSPS) is 11.2. The van der Waals surface area contributed by atoms with E-state index in [0.29, 0.717) is 6.61 Å². The molecule has 0 aliphatic heterocycles. The van der Waals surface area contributed by atoms with Crippen molar-refractivity contribution < 1.29 is 17.9 Å². The highest BCUT2D eigenvalue weighted by Crippen LogP contribution is 2.15. The molecular weight excluding hydrogens is 300 g/mol. The summed E-state index contributed by atoms with van der Waals surface area (Å²) in [5, 5.41) is 0. The van der Waals surface area contributed by atoms with Gasteiger partial charge in [-0.3, -0.25) is 0 Å². The van der Waals surface area contributed by atoms with Crippen LogP contribution < -0.4 is 0 Å². The quantitative estimate of drug-likeness (QED) is 0.396. The first-order valence-electron chi connectivity index (χ1n) is 7.51. The molecule has 1 rings (SSSR count). The number of carbonyl (C=O) groups excluding carboxylic acids is 1. The van der Waals surface area contributed by atoms with Crippen LogP contribution in [-0.2, 0) is 19.4 Å². The molecule has 0 saturated heterocycles. The fourth-order valence-electron chi connectivity index (χ4n) is 1.91. The summed E-state index contributed by atoms with van der Waals surface area (Å²) < 4.78 is 29.5. The summed E-state index contributed by atoms with van der Waals surface area (Å²) in [4.78, 5) is 11.9. The van der Waals surface area contributed by atoms with Crippen LogP contribution in [0.4, 0.5) is 0 Å². The number of esters is 1. The molecule has 0 spiro atoms. The third-order valence-corrected chi connectivity index (χ3v) is 4.98. The largest absolute Gasteiger partial charge is 0.462 e. The van der Waals surface area contributed by atoms with Crippen molar-refractivity contribution in [3.8, 4) is 0 Å². The Morgan fingerprint density at radius 1 is 1.14 bits per heavy atom. The summed E-state index contributed by atoms with van der Waals surface area (Å²) >= 11 is 0. The molecule has 0 saturated carbocycles. The lowest BCUT2D eigenvalue weighted by Gasteiger charge is -2.08. The molecule has 5 heteroatoms. The average molecular weight is 324 g/mol. The molecule has 4 nitrogen and oxygen atoms in total. The number of hydrogen-bond acceptors (Lipinski definition) is 4. The van der Waals surface area contributed by atoms with E-state index >= 15 is 0 Å². The van der Waals surface area contributed by atoms with Gasteiger partial charge in [0.1, 0.15) is 0 Å².